The van der Waals surface area contributed by atoms with E-state index in [0.717, 1.165) is 15.2 Å². The minimum absolute atomic E-state index is 0. The first-order chi connectivity index (χ1) is 13.2. The number of nitrogens with zero attached hydrogens (tertiary/aromatic N) is 3. The highest BCUT2D eigenvalue weighted by Gasteiger charge is 2.20. The Labute approximate surface area is 192 Å². The van der Waals surface area contributed by atoms with Crippen LogP contribution >= 0.6 is 36.4 Å². The summed E-state index contributed by atoms with van der Waals surface area (Å²) in [7, 11) is -0.716. The molecule has 1 aromatic carbocycles. The third-order valence-corrected chi connectivity index (χ3v) is 6.32. The summed E-state index contributed by atoms with van der Waals surface area (Å²) in [5, 5.41) is 1.30. The molecule has 3 aromatic rings. The molecule has 0 saturated carbocycles. The van der Waals surface area contributed by atoms with Gasteiger partial charge < -0.3 is 10.3 Å². The fourth-order valence-electron chi connectivity index (χ4n) is 2.90. The number of aromatic nitrogens is 2. The molecule has 0 aliphatic carbocycles. The Bertz CT molecular complexity index is 1160. The highest BCUT2D eigenvalue weighted by atomic mass is 35.5. The molecule has 11 heteroatoms. The summed E-state index contributed by atoms with van der Waals surface area (Å²) in [5.41, 5.74) is 7.45. The number of fused-ring (bicyclic) bond motifs is 1. The van der Waals surface area contributed by atoms with E-state index in [9.17, 15) is 12.8 Å². The Hall–Kier alpha value is -1.68. The molecule has 0 fully saturated rings. The predicted octanol–water partition coefficient (Wildman–Crippen LogP) is 4.26. The Morgan fingerprint density at radius 2 is 1.97 bits per heavy atom. The van der Waals surface area contributed by atoms with Gasteiger partial charge in [-0.1, -0.05) is 11.6 Å². The van der Waals surface area contributed by atoms with Crippen LogP contribution in [0.25, 0.3) is 22.0 Å². The van der Waals surface area contributed by atoms with Gasteiger partial charge in [0, 0.05) is 66.3 Å². The van der Waals surface area contributed by atoms with Gasteiger partial charge in [-0.3, -0.25) is 4.98 Å². The van der Waals surface area contributed by atoms with Crippen LogP contribution in [0.3, 0.4) is 0 Å². The zero-order valence-electron chi connectivity index (χ0n) is 16.2. The summed E-state index contributed by atoms with van der Waals surface area (Å²) >= 11 is 6.16. The molecular weight excluding hydrogens is 474 g/mol. The van der Waals surface area contributed by atoms with Crippen LogP contribution in [0.5, 0.6) is 0 Å². The Morgan fingerprint density at radius 3 is 2.60 bits per heavy atom. The maximum Gasteiger partial charge on any atom is 0.244 e. The summed E-state index contributed by atoms with van der Waals surface area (Å²) < 4.78 is 41.8. The van der Waals surface area contributed by atoms with E-state index in [2.05, 4.69) is 4.98 Å². The van der Waals surface area contributed by atoms with Crippen molar-refractivity contribution in [3.8, 4) is 11.1 Å². The topological polar surface area (TPSA) is 81.2 Å². The Balaban J connectivity index is 0.00000225. The molecule has 6 nitrogen and oxygen atoms in total. The Kier molecular flexibility index (Phi) is 9.28. The van der Waals surface area contributed by atoms with E-state index in [0.29, 0.717) is 16.1 Å². The third kappa shape index (κ3) is 5.32. The molecule has 30 heavy (non-hydrogen) atoms. The van der Waals surface area contributed by atoms with E-state index < -0.39 is 10.0 Å². The first kappa shape index (κ1) is 26.4. The van der Waals surface area contributed by atoms with Crippen LogP contribution in [-0.2, 0) is 16.6 Å². The second-order valence-corrected chi connectivity index (χ2v) is 9.00. The molecule has 3 rings (SSSR count). The lowest BCUT2D eigenvalue weighted by Crippen LogP contribution is -2.22. The average molecular weight is 496 g/mol. The molecule has 0 saturated heterocycles. The maximum atomic E-state index is 14.1. The van der Waals surface area contributed by atoms with Crippen LogP contribution in [0.15, 0.2) is 59.7 Å². The summed E-state index contributed by atoms with van der Waals surface area (Å²) in [5.74, 6) is -0.358. The van der Waals surface area contributed by atoms with Crippen LogP contribution in [0.4, 0.5) is 4.39 Å². The number of pyridine rings is 1. The van der Waals surface area contributed by atoms with Crippen molar-refractivity contribution < 1.29 is 12.8 Å². The first-order valence-corrected chi connectivity index (χ1v) is 10.3. The molecular formula is C19H22Cl3FN4O2S. The molecule has 0 bridgehead atoms. The smallest absolute Gasteiger partial charge is 0.244 e. The first-order valence-electron chi connectivity index (χ1n) is 8.45. The number of allylic oxidation sites excluding steroid dienone is 1. The molecule has 2 heterocycles. The van der Waals surface area contributed by atoms with Crippen LogP contribution < -0.4 is 5.73 Å². The van der Waals surface area contributed by atoms with Crippen molar-refractivity contribution in [3.63, 3.8) is 0 Å². The van der Waals surface area contributed by atoms with Gasteiger partial charge in [-0.15, -0.1) is 24.8 Å². The molecule has 2 aromatic heterocycles. The number of sulfonamides is 1. The van der Waals surface area contributed by atoms with Crippen molar-refractivity contribution in [3.05, 3.63) is 59.8 Å². The van der Waals surface area contributed by atoms with Gasteiger partial charge in [-0.2, -0.15) is 0 Å². The number of rotatable bonds is 6. The molecule has 0 aliphatic rings. The number of hydrogen-bond donors (Lipinski definition) is 1. The number of benzene rings is 1. The van der Waals surface area contributed by atoms with Gasteiger partial charge in [-0.05, 0) is 30.3 Å². The summed E-state index contributed by atoms with van der Waals surface area (Å²) in [6.45, 7) is 0.122. The largest absolute Gasteiger partial charge is 0.340 e. The Morgan fingerprint density at radius 1 is 1.27 bits per heavy atom. The number of nitrogens with two attached hydrogens (primary N) is 1. The molecule has 164 valence electrons. The van der Waals surface area contributed by atoms with Gasteiger partial charge in [0.25, 0.3) is 0 Å². The van der Waals surface area contributed by atoms with Crippen LogP contribution in [0, 0.1) is 0 Å². The minimum atomic E-state index is -3.63. The highest BCUT2D eigenvalue weighted by Crippen LogP contribution is 2.33. The zero-order valence-corrected chi connectivity index (χ0v) is 19.5. The normalized spacial score (nSPS) is 12.0. The highest BCUT2D eigenvalue weighted by molar-refractivity contribution is 7.89. The van der Waals surface area contributed by atoms with Crippen LogP contribution in [0.1, 0.15) is 0 Å². The molecule has 0 unspecified atom stereocenters. The number of hydrogen-bond acceptors (Lipinski definition) is 4. The van der Waals surface area contributed by atoms with E-state index >= 15 is 0 Å². The van der Waals surface area contributed by atoms with E-state index in [4.69, 9.17) is 17.3 Å². The minimum Gasteiger partial charge on any atom is -0.340 e. The standard InChI is InChI=1S/C19H20ClFN4O2S.2ClH/c1-24(2)28(26,27)16-7-13(9-23-10-16)18-12-25(11-15(21)5-6-22)19-4-3-14(20)8-17(18)19;;/h3-5,7-10,12H,6,11,22H2,1-2H3;2*1H/b15-5-;;. The second-order valence-electron chi connectivity index (χ2n) is 6.42. The van der Waals surface area contributed by atoms with E-state index in [1.54, 1.807) is 41.2 Å². The lowest BCUT2D eigenvalue weighted by molar-refractivity contribution is 0.520. The molecule has 0 radical (unpaired) electrons. The predicted molar refractivity (Wildman–Crippen MR) is 124 cm³/mol. The van der Waals surface area contributed by atoms with E-state index in [1.807, 2.05) is 0 Å². The van der Waals surface area contributed by atoms with Crippen molar-refractivity contribution in [2.75, 3.05) is 20.6 Å². The van der Waals surface area contributed by atoms with Crippen molar-refractivity contribution in [1.82, 2.24) is 13.9 Å². The summed E-state index contributed by atoms with van der Waals surface area (Å²) in [6.07, 6.45) is 5.94. The maximum absolute atomic E-state index is 14.1. The number of halogens is 4. The van der Waals surface area contributed by atoms with E-state index in [-0.39, 0.29) is 48.6 Å². The zero-order chi connectivity index (χ0) is 20.5. The van der Waals surface area contributed by atoms with Gasteiger partial charge in [0.05, 0.1) is 6.54 Å². The molecule has 0 spiro atoms. The fourth-order valence-corrected chi connectivity index (χ4v) is 3.97. The quantitative estimate of drug-likeness (QED) is 0.554. The molecule has 0 atom stereocenters. The van der Waals surface area contributed by atoms with Crippen molar-refractivity contribution in [2.45, 2.75) is 11.4 Å². The van der Waals surface area contributed by atoms with Crippen molar-refractivity contribution in [2.24, 2.45) is 5.73 Å². The summed E-state index contributed by atoms with van der Waals surface area (Å²) in [4.78, 5) is 4.16. The third-order valence-electron chi connectivity index (χ3n) is 4.31. The van der Waals surface area contributed by atoms with Gasteiger partial charge in [0.15, 0.2) is 0 Å². The fraction of sp³-hybridized carbons (Fsp3) is 0.211. The monoisotopic (exact) mass is 494 g/mol. The van der Waals surface area contributed by atoms with Gasteiger partial charge in [0.1, 0.15) is 10.7 Å². The van der Waals surface area contributed by atoms with Crippen LogP contribution in [0.2, 0.25) is 5.02 Å². The van der Waals surface area contributed by atoms with Gasteiger partial charge in [0.2, 0.25) is 10.0 Å². The molecule has 0 amide bonds. The van der Waals surface area contributed by atoms with Crippen LogP contribution in [-0.4, -0.2) is 42.9 Å². The molecule has 0 aliphatic heterocycles. The van der Waals surface area contributed by atoms with Gasteiger partial charge >= 0.3 is 0 Å². The average Bonchev–Trinajstić information content (AvgIpc) is 2.99. The lowest BCUT2D eigenvalue weighted by Gasteiger charge is -2.11. The summed E-state index contributed by atoms with van der Waals surface area (Å²) in [6, 6.07) is 6.83. The molecule has 2 N–H and O–H groups in total. The second kappa shape index (κ2) is 10.6. The SMILES string of the molecule is CN(C)S(=O)(=O)c1cncc(-c2cn(C/C(F)=C/CN)c3ccc(Cl)cc23)c1.Cl.Cl. The van der Waals surface area contributed by atoms with E-state index in [1.165, 1.54) is 26.4 Å². The lowest BCUT2D eigenvalue weighted by atomic mass is 10.1. The van der Waals surface area contributed by atoms with Crippen molar-refractivity contribution in [1.29, 1.82) is 0 Å². The van der Waals surface area contributed by atoms with Crippen molar-refractivity contribution >= 4 is 57.3 Å². The van der Waals surface area contributed by atoms with Gasteiger partial charge in [-0.25, -0.2) is 17.1 Å².